The maximum Gasteiger partial charge on any atom is 0.102 e. The minimum absolute atomic E-state index is 0.485. The Balaban J connectivity index is 2.17. The summed E-state index contributed by atoms with van der Waals surface area (Å²) in [6.07, 6.45) is 3.11. The Hall–Kier alpha value is -0.120. The van der Waals surface area contributed by atoms with Gasteiger partial charge in [0, 0.05) is 25.6 Å². The Morgan fingerprint density at radius 2 is 2.38 bits per heavy atom. The Morgan fingerprint density at radius 1 is 1.62 bits per heavy atom. The highest BCUT2D eigenvalue weighted by Gasteiger charge is 2.31. The van der Waals surface area contributed by atoms with Crippen LogP contribution < -0.4 is 5.32 Å². The molecule has 0 radical (unpaired) electrons. The molecule has 0 bridgehead atoms. The van der Waals surface area contributed by atoms with Gasteiger partial charge in [0.1, 0.15) is 5.60 Å². The molecule has 1 rings (SSSR count). The molecule has 0 saturated carbocycles. The first-order valence-electron chi connectivity index (χ1n) is 5.20. The van der Waals surface area contributed by atoms with E-state index in [1.165, 1.54) is 6.42 Å². The smallest absolute Gasteiger partial charge is 0.102 e. The Kier molecular flexibility index (Phi) is 4.16. The molecule has 1 heterocycles. The van der Waals surface area contributed by atoms with Gasteiger partial charge in [-0.05, 0) is 13.3 Å². The molecule has 3 nitrogen and oxygen atoms in total. The topological polar surface area (TPSA) is 41.5 Å². The van der Waals surface area contributed by atoms with Crippen LogP contribution in [0.2, 0.25) is 0 Å². The van der Waals surface area contributed by atoms with Crippen molar-refractivity contribution in [2.75, 3.05) is 19.8 Å². The molecule has 1 aliphatic rings. The third-order valence-electron chi connectivity index (χ3n) is 2.58. The van der Waals surface area contributed by atoms with E-state index >= 15 is 0 Å². The summed E-state index contributed by atoms with van der Waals surface area (Å²) in [7, 11) is 0. The van der Waals surface area contributed by atoms with Crippen LogP contribution in [0, 0.1) is 0 Å². The van der Waals surface area contributed by atoms with Crippen LogP contribution in [0.1, 0.15) is 33.1 Å². The predicted octanol–water partition coefficient (Wildman–Crippen LogP) is 0.916. The molecule has 0 spiro atoms. The molecule has 2 unspecified atom stereocenters. The van der Waals surface area contributed by atoms with Crippen LogP contribution in [0.3, 0.4) is 0 Å². The molecule has 3 heteroatoms. The van der Waals surface area contributed by atoms with Gasteiger partial charge in [-0.25, -0.2) is 0 Å². The molecule has 0 aromatic carbocycles. The van der Waals surface area contributed by atoms with E-state index in [1.54, 1.807) is 0 Å². The highest BCUT2D eigenvalue weighted by atomic mass is 16.5. The average molecular weight is 187 g/mol. The molecular formula is C10H21NO2. The van der Waals surface area contributed by atoms with E-state index in [0.29, 0.717) is 25.8 Å². The van der Waals surface area contributed by atoms with Gasteiger partial charge in [-0.1, -0.05) is 13.3 Å². The van der Waals surface area contributed by atoms with Crippen molar-refractivity contribution in [2.24, 2.45) is 0 Å². The van der Waals surface area contributed by atoms with Crippen LogP contribution in [-0.2, 0) is 4.74 Å². The van der Waals surface area contributed by atoms with Gasteiger partial charge in [-0.15, -0.1) is 0 Å². The second-order valence-corrected chi connectivity index (χ2v) is 4.10. The molecular weight excluding hydrogens is 166 g/mol. The average Bonchev–Trinajstić information content (AvgIpc) is 2.51. The molecule has 0 aliphatic carbocycles. The second-order valence-electron chi connectivity index (χ2n) is 4.10. The molecule has 1 fully saturated rings. The van der Waals surface area contributed by atoms with Crippen molar-refractivity contribution in [3.05, 3.63) is 0 Å². The molecule has 2 atom stereocenters. The predicted molar refractivity (Wildman–Crippen MR) is 52.8 cm³/mol. The van der Waals surface area contributed by atoms with E-state index in [0.717, 1.165) is 12.8 Å². The maximum absolute atomic E-state index is 9.92. The zero-order chi connectivity index (χ0) is 9.73. The van der Waals surface area contributed by atoms with E-state index in [9.17, 15) is 5.11 Å². The van der Waals surface area contributed by atoms with Crippen LogP contribution in [0.15, 0.2) is 0 Å². The standard InChI is InChI=1S/C10H21NO2/c1-3-4-9(2)11-7-10(12)5-6-13-8-10/h9,11-12H,3-8H2,1-2H3. The minimum Gasteiger partial charge on any atom is -0.386 e. The van der Waals surface area contributed by atoms with Crippen LogP contribution in [0.4, 0.5) is 0 Å². The first-order chi connectivity index (χ1) is 6.16. The van der Waals surface area contributed by atoms with Gasteiger partial charge in [-0.3, -0.25) is 0 Å². The number of nitrogens with one attached hydrogen (secondary N) is 1. The molecule has 0 amide bonds. The molecule has 2 N–H and O–H groups in total. The molecule has 78 valence electrons. The molecule has 0 aromatic heterocycles. The SMILES string of the molecule is CCCC(C)NCC1(O)CCOC1. The maximum atomic E-state index is 9.92. The largest absolute Gasteiger partial charge is 0.386 e. The van der Waals surface area contributed by atoms with Gasteiger partial charge in [0.2, 0.25) is 0 Å². The van der Waals surface area contributed by atoms with Crippen LogP contribution in [0.25, 0.3) is 0 Å². The van der Waals surface area contributed by atoms with Gasteiger partial charge >= 0.3 is 0 Å². The number of rotatable bonds is 5. The van der Waals surface area contributed by atoms with E-state index < -0.39 is 5.60 Å². The van der Waals surface area contributed by atoms with Crippen molar-refractivity contribution in [3.8, 4) is 0 Å². The van der Waals surface area contributed by atoms with Crippen molar-refractivity contribution in [1.29, 1.82) is 0 Å². The number of hydrogen-bond acceptors (Lipinski definition) is 3. The van der Waals surface area contributed by atoms with E-state index in [2.05, 4.69) is 19.2 Å². The van der Waals surface area contributed by atoms with E-state index in [-0.39, 0.29) is 0 Å². The summed E-state index contributed by atoms with van der Waals surface area (Å²) in [6, 6.07) is 0.495. The Morgan fingerprint density at radius 3 is 2.92 bits per heavy atom. The molecule has 13 heavy (non-hydrogen) atoms. The third kappa shape index (κ3) is 3.63. The molecule has 1 saturated heterocycles. The second kappa shape index (κ2) is 4.94. The number of aliphatic hydroxyl groups is 1. The first kappa shape index (κ1) is 11.0. The lowest BCUT2D eigenvalue weighted by Crippen LogP contribution is -2.44. The van der Waals surface area contributed by atoms with Crippen LogP contribution >= 0.6 is 0 Å². The Bertz CT molecular complexity index is 144. The van der Waals surface area contributed by atoms with Crippen molar-refractivity contribution in [2.45, 2.75) is 44.8 Å². The highest BCUT2D eigenvalue weighted by Crippen LogP contribution is 2.17. The van der Waals surface area contributed by atoms with Gasteiger partial charge < -0.3 is 15.2 Å². The zero-order valence-corrected chi connectivity index (χ0v) is 8.68. The fourth-order valence-corrected chi connectivity index (χ4v) is 1.64. The number of hydrogen-bond donors (Lipinski definition) is 2. The summed E-state index contributed by atoms with van der Waals surface area (Å²) in [5, 5.41) is 13.3. The van der Waals surface area contributed by atoms with Crippen molar-refractivity contribution in [3.63, 3.8) is 0 Å². The van der Waals surface area contributed by atoms with E-state index in [1.807, 2.05) is 0 Å². The minimum atomic E-state index is -0.609. The summed E-state index contributed by atoms with van der Waals surface area (Å²) in [6.45, 7) is 6.17. The van der Waals surface area contributed by atoms with Crippen LogP contribution in [-0.4, -0.2) is 36.5 Å². The van der Waals surface area contributed by atoms with Gasteiger partial charge in [-0.2, -0.15) is 0 Å². The quantitative estimate of drug-likeness (QED) is 0.672. The molecule has 1 aliphatic heterocycles. The van der Waals surface area contributed by atoms with Gasteiger partial charge in [0.05, 0.1) is 6.61 Å². The fourth-order valence-electron chi connectivity index (χ4n) is 1.64. The fraction of sp³-hybridized carbons (Fsp3) is 1.00. The molecule has 0 aromatic rings. The highest BCUT2D eigenvalue weighted by molar-refractivity contribution is 4.85. The van der Waals surface area contributed by atoms with Gasteiger partial charge in [0.15, 0.2) is 0 Å². The van der Waals surface area contributed by atoms with E-state index in [4.69, 9.17) is 4.74 Å². The third-order valence-corrected chi connectivity index (χ3v) is 2.58. The Labute approximate surface area is 80.5 Å². The normalized spacial score (nSPS) is 30.7. The van der Waals surface area contributed by atoms with Gasteiger partial charge in [0.25, 0.3) is 0 Å². The summed E-state index contributed by atoms with van der Waals surface area (Å²) in [5.41, 5.74) is -0.609. The van der Waals surface area contributed by atoms with Crippen molar-refractivity contribution < 1.29 is 9.84 Å². The summed E-state index contributed by atoms with van der Waals surface area (Å²) in [4.78, 5) is 0. The lowest BCUT2D eigenvalue weighted by molar-refractivity contribution is 0.0250. The lowest BCUT2D eigenvalue weighted by atomic mass is 10.0. The lowest BCUT2D eigenvalue weighted by Gasteiger charge is -2.23. The first-order valence-corrected chi connectivity index (χ1v) is 5.20. The summed E-state index contributed by atoms with van der Waals surface area (Å²) in [5.74, 6) is 0. The number of ether oxygens (including phenoxy) is 1. The zero-order valence-electron chi connectivity index (χ0n) is 8.68. The monoisotopic (exact) mass is 187 g/mol. The van der Waals surface area contributed by atoms with Crippen molar-refractivity contribution >= 4 is 0 Å². The summed E-state index contributed by atoms with van der Waals surface area (Å²) >= 11 is 0. The van der Waals surface area contributed by atoms with Crippen molar-refractivity contribution in [1.82, 2.24) is 5.32 Å². The summed E-state index contributed by atoms with van der Waals surface area (Å²) < 4.78 is 5.16. The van der Waals surface area contributed by atoms with Crippen LogP contribution in [0.5, 0.6) is 0 Å².